The van der Waals surface area contributed by atoms with Crippen LogP contribution in [0.25, 0.3) is 5.69 Å². The maximum Gasteiger partial charge on any atom is 0.229 e. The Bertz CT molecular complexity index is 1070. The van der Waals surface area contributed by atoms with Crippen LogP contribution in [0.3, 0.4) is 0 Å². The first-order valence-corrected chi connectivity index (χ1v) is 10.2. The lowest BCUT2D eigenvalue weighted by Gasteiger charge is -2.17. The van der Waals surface area contributed by atoms with Crippen LogP contribution in [0.15, 0.2) is 54.6 Å². The van der Waals surface area contributed by atoms with Crippen molar-refractivity contribution in [3.63, 3.8) is 0 Å². The molecule has 3 aromatic rings. The van der Waals surface area contributed by atoms with Gasteiger partial charge in [-0.15, -0.1) is 0 Å². The molecule has 0 saturated carbocycles. The van der Waals surface area contributed by atoms with Crippen LogP contribution in [-0.4, -0.2) is 33.0 Å². The average Bonchev–Trinajstić information content (AvgIpc) is 3.24. The van der Waals surface area contributed by atoms with Crippen molar-refractivity contribution in [2.45, 2.75) is 33.7 Å². The number of anilines is 1. The van der Waals surface area contributed by atoms with Gasteiger partial charge >= 0.3 is 0 Å². The fourth-order valence-corrected chi connectivity index (χ4v) is 3.88. The Hall–Kier alpha value is -3.41. The molecule has 1 aliphatic rings. The molecule has 1 atom stereocenters. The Morgan fingerprint density at radius 2 is 1.77 bits per heavy atom. The van der Waals surface area contributed by atoms with Gasteiger partial charge in [-0.3, -0.25) is 9.59 Å². The van der Waals surface area contributed by atoms with Gasteiger partial charge in [0.05, 0.1) is 28.7 Å². The van der Waals surface area contributed by atoms with E-state index in [1.807, 2.05) is 80.1 Å². The summed E-state index contributed by atoms with van der Waals surface area (Å²) < 4.78 is 1.83. The van der Waals surface area contributed by atoms with Crippen LogP contribution in [0.5, 0.6) is 0 Å². The largest absolute Gasteiger partial charge is 0.338 e. The van der Waals surface area contributed by atoms with Gasteiger partial charge in [-0.2, -0.15) is 5.10 Å². The fourth-order valence-electron chi connectivity index (χ4n) is 3.88. The van der Waals surface area contributed by atoms with Gasteiger partial charge in [0.2, 0.25) is 11.8 Å². The van der Waals surface area contributed by atoms with E-state index < -0.39 is 0 Å². The molecule has 0 aliphatic carbocycles. The summed E-state index contributed by atoms with van der Waals surface area (Å²) >= 11 is 0. The van der Waals surface area contributed by atoms with Gasteiger partial charge in [0.1, 0.15) is 0 Å². The molecular weight excluding hydrogens is 376 g/mol. The molecule has 154 valence electrons. The number of rotatable bonds is 5. The van der Waals surface area contributed by atoms with Gasteiger partial charge in [-0.05, 0) is 38.5 Å². The van der Waals surface area contributed by atoms with E-state index in [-0.39, 0.29) is 24.2 Å². The van der Waals surface area contributed by atoms with Crippen LogP contribution in [0.1, 0.15) is 28.9 Å². The predicted molar refractivity (Wildman–Crippen MR) is 116 cm³/mol. The minimum absolute atomic E-state index is 0.0177. The quantitative estimate of drug-likeness (QED) is 0.706. The van der Waals surface area contributed by atoms with Crippen molar-refractivity contribution in [3.8, 4) is 5.69 Å². The molecule has 30 heavy (non-hydrogen) atoms. The molecule has 1 aromatic heterocycles. The highest BCUT2D eigenvalue weighted by atomic mass is 16.2. The number of hydrogen-bond donors (Lipinski definition) is 1. The second kappa shape index (κ2) is 8.14. The molecule has 4 rings (SSSR count). The van der Waals surface area contributed by atoms with Gasteiger partial charge in [-0.25, -0.2) is 4.68 Å². The van der Waals surface area contributed by atoms with Crippen LogP contribution < -0.4 is 5.32 Å². The van der Waals surface area contributed by atoms with Crippen molar-refractivity contribution in [1.82, 2.24) is 14.7 Å². The van der Waals surface area contributed by atoms with E-state index in [1.54, 1.807) is 4.90 Å². The van der Waals surface area contributed by atoms with E-state index in [4.69, 9.17) is 0 Å². The third-order valence-corrected chi connectivity index (χ3v) is 5.62. The van der Waals surface area contributed by atoms with Gasteiger partial charge in [0, 0.05) is 19.5 Å². The number of hydrogen-bond acceptors (Lipinski definition) is 3. The van der Waals surface area contributed by atoms with Gasteiger partial charge < -0.3 is 10.2 Å². The third-order valence-electron chi connectivity index (χ3n) is 5.62. The van der Waals surface area contributed by atoms with Crippen LogP contribution in [0, 0.1) is 26.7 Å². The van der Waals surface area contributed by atoms with E-state index >= 15 is 0 Å². The highest BCUT2D eigenvalue weighted by Gasteiger charge is 2.34. The molecule has 1 N–H and O–H groups in total. The van der Waals surface area contributed by atoms with E-state index in [1.165, 1.54) is 5.56 Å². The van der Waals surface area contributed by atoms with E-state index in [9.17, 15) is 9.59 Å². The summed E-state index contributed by atoms with van der Waals surface area (Å²) in [7, 11) is 0. The number of likely N-dealkylation sites (tertiary alicyclic amines) is 1. The zero-order valence-corrected chi connectivity index (χ0v) is 17.6. The molecule has 1 saturated heterocycles. The maximum atomic E-state index is 12.9. The summed E-state index contributed by atoms with van der Waals surface area (Å²) in [6.07, 6.45) is 0.239. The minimum atomic E-state index is -0.359. The van der Waals surface area contributed by atoms with Gasteiger partial charge in [-0.1, -0.05) is 48.0 Å². The van der Waals surface area contributed by atoms with Crippen molar-refractivity contribution in [1.29, 1.82) is 0 Å². The number of amides is 2. The number of aromatic nitrogens is 2. The summed E-state index contributed by atoms with van der Waals surface area (Å²) in [5.41, 5.74) is 5.54. The predicted octanol–water partition coefficient (Wildman–Crippen LogP) is 3.78. The average molecular weight is 402 g/mol. The summed E-state index contributed by atoms with van der Waals surface area (Å²) in [5.74, 6) is -0.473. The van der Waals surface area contributed by atoms with Crippen molar-refractivity contribution in [2.24, 2.45) is 5.92 Å². The van der Waals surface area contributed by atoms with Crippen LogP contribution in [0.4, 0.5) is 5.69 Å². The molecule has 1 unspecified atom stereocenters. The van der Waals surface area contributed by atoms with Crippen molar-refractivity contribution < 1.29 is 9.59 Å². The van der Waals surface area contributed by atoms with Crippen LogP contribution in [0.2, 0.25) is 0 Å². The van der Waals surface area contributed by atoms with Crippen molar-refractivity contribution in [3.05, 3.63) is 77.1 Å². The zero-order valence-electron chi connectivity index (χ0n) is 17.6. The van der Waals surface area contributed by atoms with E-state index in [2.05, 4.69) is 10.4 Å². The van der Waals surface area contributed by atoms with E-state index in [0.717, 1.165) is 22.6 Å². The molecule has 6 nitrogen and oxygen atoms in total. The normalized spacial score (nSPS) is 16.2. The molecule has 0 bridgehead atoms. The fraction of sp³-hybridized carbons (Fsp3) is 0.292. The Morgan fingerprint density at radius 1 is 1.07 bits per heavy atom. The lowest BCUT2D eigenvalue weighted by atomic mass is 10.1. The van der Waals surface area contributed by atoms with Crippen LogP contribution >= 0.6 is 0 Å². The molecule has 0 radical (unpaired) electrons. The summed E-state index contributed by atoms with van der Waals surface area (Å²) in [5, 5.41) is 7.60. The number of carbonyl (C=O) groups is 2. The SMILES string of the molecule is Cc1ccc(CN2CC(C(=O)Nc3c(C)nn(-c4ccccc4)c3C)CC2=O)cc1. The highest BCUT2D eigenvalue weighted by molar-refractivity contribution is 5.98. The number of carbonyl (C=O) groups excluding carboxylic acids is 2. The number of nitrogens with one attached hydrogen (secondary N) is 1. The molecule has 0 spiro atoms. The Balaban J connectivity index is 1.45. The Labute approximate surface area is 176 Å². The third kappa shape index (κ3) is 3.99. The molecule has 2 aromatic carbocycles. The lowest BCUT2D eigenvalue weighted by molar-refractivity contribution is -0.128. The summed E-state index contributed by atoms with van der Waals surface area (Å²) in [6, 6.07) is 18.0. The number of benzene rings is 2. The standard InChI is InChI=1S/C24H26N4O2/c1-16-9-11-19(12-10-16)14-27-15-20(13-22(27)29)24(30)25-23-17(2)26-28(18(23)3)21-7-5-4-6-8-21/h4-12,20H,13-15H2,1-3H3,(H,25,30). The molecule has 2 amide bonds. The van der Waals surface area contributed by atoms with E-state index in [0.29, 0.717) is 18.8 Å². The number of nitrogens with zero attached hydrogens (tertiary/aromatic N) is 3. The second-order valence-corrected chi connectivity index (χ2v) is 7.94. The van der Waals surface area contributed by atoms with Crippen molar-refractivity contribution >= 4 is 17.5 Å². The molecule has 1 aliphatic heterocycles. The first-order chi connectivity index (χ1) is 14.4. The minimum Gasteiger partial charge on any atom is -0.338 e. The maximum absolute atomic E-state index is 12.9. The lowest BCUT2D eigenvalue weighted by Crippen LogP contribution is -2.28. The summed E-state index contributed by atoms with van der Waals surface area (Å²) in [6.45, 7) is 6.82. The topological polar surface area (TPSA) is 67.2 Å². The molecule has 2 heterocycles. The second-order valence-electron chi connectivity index (χ2n) is 7.94. The first kappa shape index (κ1) is 19.9. The highest BCUT2D eigenvalue weighted by Crippen LogP contribution is 2.26. The summed E-state index contributed by atoms with van der Waals surface area (Å²) in [4.78, 5) is 27.2. The number of aryl methyl sites for hydroxylation is 2. The Kier molecular flexibility index (Phi) is 5.40. The number of para-hydroxylation sites is 1. The Morgan fingerprint density at radius 3 is 2.47 bits per heavy atom. The zero-order chi connectivity index (χ0) is 21.3. The smallest absolute Gasteiger partial charge is 0.229 e. The van der Waals surface area contributed by atoms with Gasteiger partial charge in [0.15, 0.2) is 0 Å². The monoisotopic (exact) mass is 402 g/mol. The van der Waals surface area contributed by atoms with Gasteiger partial charge in [0.25, 0.3) is 0 Å². The van der Waals surface area contributed by atoms with Crippen molar-refractivity contribution in [2.75, 3.05) is 11.9 Å². The molecule has 6 heteroatoms. The first-order valence-electron chi connectivity index (χ1n) is 10.2. The molecular formula is C24H26N4O2. The molecule has 1 fully saturated rings. The van der Waals surface area contributed by atoms with Crippen LogP contribution in [-0.2, 0) is 16.1 Å².